The number of aromatic amines is 1. The molecule has 0 radical (unpaired) electrons. The van der Waals surface area contributed by atoms with Gasteiger partial charge < -0.3 is 10.2 Å². The lowest BCUT2D eigenvalue weighted by Gasteiger charge is -2.17. The summed E-state index contributed by atoms with van der Waals surface area (Å²) in [5.41, 5.74) is 2.92. The first-order valence-corrected chi connectivity index (χ1v) is 6.27. The molecule has 6 nitrogen and oxygen atoms in total. The van der Waals surface area contributed by atoms with Crippen LogP contribution in [0.2, 0.25) is 0 Å². The Morgan fingerprint density at radius 3 is 2.89 bits per heavy atom. The van der Waals surface area contributed by atoms with Crippen LogP contribution in [-0.2, 0) is 0 Å². The minimum atomic E-state index is -0.00440. The number of aromatic nitrogens is 3. The van der Waals surface area contributed by atoms with Crippen LogP contribution < -0.4 is 5.32 Å². The summed E-state index contributed by atoms with van der Waals surface area (Å²) >= 11 is 0. The summed E-state index contributed by atoms with van der Waals surface area (Å²) < 4.78 is 0. The van der Waals surface area contributed by atoms with Gasteiger partial charge in [0.25, 0.3) is 5.91 Å². The Morgan fingerprint density at radius 1 is 1.47 bits per heavy atom. The van der Waals surface area contributed by atoms with Crippen LogP contribution in [-0.4, -0.2) is 53.2 Å². The second-order valence-electron chi connectivity index (χ2n) is 4.69. The third-order valence-corrected chi connectivity index (χ3v) is 3.11. The molecule has 0 aliphatic rings. The average molecular weight is 261 g/mol. The summed E-state index contributed by atoms with van der Waals surface area (Å²) in [6.45, 7) is 5.19. The first-order chi connectivity index (χ1) is 9.04. The van der Waals surface area contributed by atoms with E-state index in [1.807, 2.05) is 27.0 Å². The second-order valence-corrected chi connectivity index (χ2v) is 4.69. The molecule has 0 bridgehead atoms. The molecule has 0 saturated carbocycles. The van der Waals surface area contributed by atoms with E-state index in [1.165, 1.54) is 0 Å². The number of rotatable bonds is 4. The first-order valence-electron chi connectivity index (χ1n) is 6.27. The average Bonchev–Trinajstić information content (AvgIpc) is 2.75. The van der Waals surface area contributed by atoms with Gasteiger partial charge in [-0.25, -0.2) is 4.98 Å². The molecule has 102 valence electrons. The summed E-state index contributed by atoms with van der Waals surface area (Å²) in [4.78, 5) is 18.5. The van der Waals surface area contributed by atoms with Crippen molar-refractivity contribution < 1.29 is 4.79 Å². The van der Waals surface area contributed by atoms with Gasteiger partial charge in [0.1, 0.15) is 0 Å². The Hall–Kier alpha value is -1.95. The van der Waals surface area contributed by atoms with E-state index in [1.54, 1.807) is 11.9 Å². The highest BCUT2D eigenvalue weighted by Crippen LogP contribution is 2.21. The van der Waals surface area contributed by atoms with Gasteiger partial charge in [-0.1, -0.05) is 0 Å². The number of carbonyl (C=O) groups excluding carboxylic acids is 1. The zero-order valence-corrected chi connectivity index (χ0v) is 11.7. The van der Waals surface area contributed by atoms with Crippen molar-refractivity contribution >= 4 is 16.9 Å². The van der Waals surface area contributed by atoms with E-state index in [9.17, 15) is 4.79 Å². The van der Waals surface area contributed by atoms with Gasteiger partial charge in [0.05, 0.1) is 10.9 Å². The number of aryl methyl sites for hydroxylation is 2. The standard InChI is InChI=1S/C13H19N5O/c1-8-7-10(13(19)18(4)6-5-14-3)11-9(2)16-17-12(11)15-8/h7,14H,5-6H2,1-4H3,(H,15,16,17). The second kappa shape index (κ2) is 5.36. The highest BCUT2D eigenvalue weighted by molar-refractivity contribution is 6.06. The van der Waals surface area contributed by atoms with Gasteiger partial charge in [-0.3, -0.25) is 9.89 Å². The predicted octanol–water partition coefficient (Wildman–Crippen LogP) is 0.866. The zero-order chi connectivity index (χ0) is 14.0. The maximum Gasteiger partial charge on any atom is 0.254 e. The Bertz CT molecular complexity index is 604. The number of H-pyrrole nitrogens is 1. The van der Waals surface area contributed by atoms with Crippen LogP contribution in [0.1, 0.15) is 21.7 Å². The van der Waals surface area contributed by atoms with Gasteiger partial charge in [0.15, 0.2) is 5.65 Å². The molecule has 0 fully saturated rings. The maximum absolute atomic E-state index is 12.5. The fraction of sp³-hybridized carbons (Fsp3) is 0.462. The first kappa shape index (κ1) is 13.5. The monoisotopic (exact) mass is 261 g/mol. The van der Waals surface area contributed by atoms with Crippen LogP contribution in [0.15, 0.2) is 6.07 Å². The van der Waals surface area contributed by atoms with Crippen molar-refractivity contribution in [3.05, 3.63) is 23.0 Å². The number of fused-ring (bicyclic) bond motifs is 1. The van der Waals surface area contributed by atoms with Crippen molar-refractivity contribution in [2.45, 2.75) is 13.8 Å². The van der Waals surface area contributed by atoms with E-state index < -0.39 is 0 Å². The predicted molar refractivity (Wildman–Crippen MR) is 74.2 cm³/mol. The summed E-state index contributed by atoms with van der Waals surface area (Å²) in [5.74, 6) is -0.00440. The van der Waals surface area contributed by atoms with Crippen LogP contribution in [0.3, 0.4) is 0 Å². The lowest BCUT2D eigenvalue weighted by atomic mass is 10.1. The molecule has 0 saturated heterocycles. The third-order valence-electron chi connectivity index (χ3n) is 3.11. The molecule has 19 heavy (non-hydrogen) atoms. The zero-order valence-electron chi connectivity index (χ0n) is 11.7. The Balaban J connectivity index is 2.43. The molecule has 0 atom stereocenters. The lowest BCUT2D eigenvalue weighted by Crippen LogP contribution is -2.33. The molecular weight excluding hydrogens is 242 g/mol. The molecule has 2 rings (SSSR count). The van der Waals surface area contributed by atoms with Crippen LogP contribution in [0.5, 0.6) is 0 Å². The van der Waals surface area contributed by atoms with Crippen molar-refractivity contribution in [2.75, 3.05) is 27.2 Å². The Kier molecular flexibility index (Phi) is 3.80. The molecule has 1 amide bonds. The Labute approximate surface area is 112 Å². The van der Waals surface area contributed by atoms with Gasteiger partial charge >= 0.3 is 0 Å². The highest BCUT2D eigenvalue weighted by atomic mass is 16.2. The van der Waals surface area contributed by atoms with Gasteiger partial charge in [0.2, 0.25) is 0 Å². The van der Waals surface area contributed by atoms with E-state index in [4.69, 9.17) is 0 Å². The number of likely N-dealkylation sites (N-methyl/N-ethyl adjacent to an activating group) is 2. The molecule has 6 heteroatoms. The lowest BCUT2D eigenvalue weighted by molar-refractivity contribution is 0.0798. The van der Waals surface area contributed by atoms with Crippen molar-refractivity contribution in [3.8, 4) is 0 Å². The number of hydrogen-bond donors (Lipinski definition) is 2. The van der Waals surface area contributed by atoms with E-state index in [-0.39, 0.29) is 5.91 Å². The summed E-state index contributed by atoms with van der Waals surface area (Å²) in [6, 6.07) is 1.82. The fourth-order valence-electron chi connectivity index (χ4n) is 2.06. The van der Waals surface area contributed by atoms with Crippen molar-refractivity contribution in [3.63, 3.8) is 0 Å². The van der Waals surface area contributed by atoms with Crippen molar-refractivity contribution in [1.82, 2.24) is 25.4 Å². The van der Waals surface area contributed by atoms with E-state index >= 15 is 0 Å². The fourth-order valence-corrected chi connectivity index (χ4v) is 2.06. The van der Waals surface area contributed by atoms with Crippen LogP contribution in [0.4, 0.5) is 0 Å². The molecule has 0 aliphatic carbocycles. The van der Waals surface area contributed by atoms with Crippen molar-refractivity contribution in [2.24, 2.45) is 0 Å². The molecule has 2 aromatic rings. The molecule has 0 aliphatic heterocycles. The summed E-state index contributed by atoms with van der Waals surface area (Å²) in [6.07, 6.45) is 0. The van der Waals surface area contributed by atoms with Crippen LogP contribution in [0, 0.1) is 13.8 Å². The highest BCUT2D eigenvalue weighted by Gasteiger charge is 2.18. The molecule has 2 aromatic heterocycles. The quantitative estimate of drug-likeness (QED) is 0.856. The summed E-state index contributed by atoms with van der Waals surface area (Å²) in [7, 11) is 3.67. The molecule has 0 unspecified atom stereocenters. The number of pyridine rings is 1. The van der Waals surface area contributed by atoms with Gasteiger partial charge in [-0.05, 0) is 27.0 Å². The number of carbonyl (C=O) groups is 1. The van der Waals surface area contributed by atoms with Crippen LogP contribution in [0.25, 0.3) is 11.0 Å². The molecular formula is C13H19N5O. The van der Waals surface area contributed by atoms with Crippen molar-refractivity contribution in [1.29, 1.82) is 0 Å². The van der Waals surface area contributed by atoms with E-state index in [0.717, 1.165) is 23.3 Å². The Morgan fingerprint density at radius 2 is 2.21 bits per heavy atom. The van der Waals surface area contributed by atoms with Crippen LogP contribution >= 0.6 is 0 Å². The van der Waals surface area contributed by atoms with Gasteiger partial charge in [-0.15, -0.1) is 0 Å². The number of hydrogen-bond acceptors (Lipinski definition) is 4. The number of nitrogens with one attached hydrogen (secondary N) is 2. The smallest absolute Gasteiger partial charge is 0.254 e. The third kappa shape index (κ3) is 2.58. The number of amides is 1. The minimum Gasteiger partial charge on any atom is -0.340 e. The normalized spacial score (nSPS) is 10.9. The van der Waals surface area contributed by atoms with Gasteiger partial charge in [-0.2, -0.15) is 5.10 Å². The van der Waals surface area contributed by atoms with E-state index in [2.05, 4.69) is 20.5 Å². The molecule has 2 N–H and O–H groups in total. The minimum absolute atomic E-state index is 0.00440. The SMILES string of the molecule is CNCCN(C)C(=O)c1cc(C)nc2n[nH]c(C)c12. The molecule has 0 spiro atoms. The van der Waals surface area contributed by atoms with Gasteiger partial charge in [0, 0.05) is 31.5 Å². The summed E-state index contributed by atoms with van der Waals surface area (Å²) in [5, 5.41) is 10.9. The topological polar surface area (TPSA) is 73.9 Å². The largest absolute Gasteiger partial charge is 0.340 e. The van der Waals surface area contributed by atoms with E-state index in [0.29, 0.717) is 17.8 Å². The number of nitrogens with zero attached hydrogens (tertiary/aromatic N) is 3. The maximum atomic E-state index is 12.5. The molecule has 2 heterocycles. The molecule has 0 aromatic carbocycles.